The molecule has 0 bridgehead atoms. The lowest BCUT2D eigenvalue weighted by Gasteiger charge is -2.31. The first kappa shape index (κ1) is 13.8. The SMILES string of the molecule is CC(C(=O)c1ccc(Cl)cc1)N1CCc2sccc2C1. The third-order valence-corrected chi connectivity index (χ3v) is 5.17. The third-order valence-electron chi connectivity index (χ3n) is 3.89. The van der Waals surface area contributed by atoms with Gasteiger partial charge in [0.15, 0.2) is 5.78 Å². The highest BCUT2D eigenvalue weighted by Crippen LogP contribution is 2.26. The number of thiophene rings is 1. The van der Waals surface area contributed by atoms with E-state index in [1.165, 1.54) is 10.4 Å². The highest BCUT2D eigenvalue weighted by atomic mass is 35.5. The first-order valence-electron chi connectivity index (χ1n) is 6.74. The van der Waals surface area contributed by atoms with E-state index in [9.17, 15) is 4.79 Å². The van der Waals surface area contributed by atoms with E-state index in [2.05, 4.69) is 16.3 Å². The molecule has 104 valence electrons. The van der Waals surface area contributed by atoms with Crippen LogP contribution in [0.15, 0.2) is 35.7 Å². The normalized spacial score (nSPS) is 16.7. The number of nitrogens with zero attached hydrogens (tertiary/aromatic N) is 1. The van der Waals surface area contributed by atoms with Crippen molar-refractivity contribution in [3.8, 4) is 0 Å². The van der Waals surface area contributed by atoms with Gasteiger partial charge in [0.2, 0.25) is 0 Å². The molecular weight excluding hydrogens is 290 g/mol. The predicted molar refractivity (Wildman–Crippen MR) is 83.7 cm³/mol. The summed E-state index contributed by atoms with van der Waals surface area (Å²) >= 11 is 7.69. The summed E-state index contributed by atoms with van der Waals surface area (Å²) in [5.74, 6) is 0.167. The Kier molecular flexibility index (Phi) is 3.92. The minimum absolute atomic E-state index is 0.0933. The van der Waals surface area contributed by atoms with Crippen LogP contribution in [0.1, 0.15) is 27.7 Å². The van der Waals surface area contributed by atoms with Gasteiger partial charge >= 0.3 is 0 Å². The fraction of sp³-hybridized carbons (Fsp3) is 0.312. The van der Waals surface area contributed by atoms with Gasteiger partial charge in [0.25, 0.3) is 0 Å². The van der Waals surface area contributed by atoms with Crippen molar-refractivity contribution < 1.29 is 4.79 Å². The summed E-state index contributed by atoms with van der Waals surface area (Å²) in [6.07, 6.45) is 1.05. The monoisotopic (exact) mass is 305 g/mol. The van der Waals surface area contributed by atoms with Crippen molar-refractivity contribution >= 4 is 28.7 Å². The maximum absolute atomic E-state index is 12.5. The molecule has 0 N–H and O–H groups in total. The van der Waals surface area contributed by atoms with Gasteiger partial charge in [0, 0.05) is 28.6 Å². The van der Waals surface area contributed by atoms with Crippen LogP contribution in [0.4, 0.5) is 0 Å². The van der Waals surface area contributed by atoms with Gasteiger partial charge in [-0.1, -0.05) is 11.6 Å². The van der Waals surface area contributed by atoms with Crippen LogP contribution in [0.2, 0.25) is 5.02 Å². The second-order valence-corrected chi connectivity index (χ2v) is 6.57. The molecule has 0 radical (unpaired) electrons. The van der Waals surface area contributed by atoms with Crippen LogP contribution >= 0.6 is 22.9 Å². The van der Waals surface area contributed by atoms with Crippen molar-refractivity contribution in [1.29, 1.82) is 0 Å². The summed E-state index contributed by atoms with van der Waals surface area (Å²) in [5.41, 5.74) is 2.11. The van der Waals surface area contributed by atoms with Crippen LogP contribution in [0.25, 0.3) is 0 Å². The first-order chi connectivity index (χ1) is 9.65. The fourth-order valence-corrected chi connectivity index (χ4v) is 3.64. The zero-order chi connectivity index (χ0) is 14.1. The summed E-state index contributed by atoms with van der Waals surface area (Å²) in [6.45, 7) is 3.82. The smallest absolute Gasteiger partial charge is 0.179 e. The maximum atomic E-state index is 12.5. The van der Waals surface area contributed by atoms with Crippen molar-refractivity contribution in [2.24, 2.45) is 0 Å². The molecule has 0 amide bonds. The minimum Gasteiger partial charge on any atom is -0.292 e. The van der Waals surface area contributed by atoms with Crippen LogP contribution in [0, 0.1) is 0 Å². The van der Waals surface area contributed by atoms with Crippen molar-refractivity contribution in [1.82, 2.24) is 4.90 Å². The van der Waals surface area contributed by atoms with E-state index >= 15 is 0 Å². The molecule has 0 saturated heterocycles. The molecule has 1 aromatic carbocycles. The molecular formula is C16H16ClNOS. The molecule has 3 rings (SSSR count). The van der Waals surface area contributed by atoms with E-state index in [1.807, 2.05) is 18.3 Å². The van der Waals surface area contributed by atoms with Crippen molar-refractivity contribution in [2.75, 3.05) is 6.54 Å². The van der Waals surface area contributed by atoms with E-state index in [0.717, 1.165) is 25.1 Å². The third kappa shape index (κ3) is 2.66. The summed E-state index contributed by atoms with van der Waals surface area (Å²) < 4.78 is 0. The number of carbonyl (C=O) groups is 1. The van der Waals surface area contributed by atoms with Crippen LogP contribution in [-0.2, 0) is 13.0 Å². The largest absolute Gasteiger partial charge is 0.292 e. The van der Waals surface area contributed by atoms with Crippen LogP contribution < -0.4 is 0 Å². The average molecular weight is 306 g/mol. The Hall–Kier alpha value is -1.16. The molecule has 2 nitrogen and oxygen atoms in total. The van der Waals surface area contributed by atoms with Crippen LogP contribution in [0.3, 0.4) is 0 Å². The number of benzene rings is 1. The number of fused-ring (bicyclic) bond motifs is 1. The topological polar surface area (TPSA) is 20.3 Å². The average Bonchev–Trinajstić information content (AvgIpc) is 2.94. The molecule has 1 unspecified atom stereocenters. The van der Waals surface area contributed by atoms with Gasteiger partial charge in [-0.15, -0.1) is 11.3 Å². The van der Waals surface area contributed by atoms with Crippen molar-refractivity contribution in [2.45, 2.75) is 25.9 Å². The van der Waals surface area contributed by atoms with E-state index in [1.54, 1.807) is 24.3 Å². The molecule has 0 spiro atoms. The Labute approximate surface area is 128 Å². The van der Waals surface area contributed by atoms with E-state index in [0.29, 0.717) is 5.02 Å². The van der Waals surface area contributed by atoms with E-state index < -0.39 is 0 Å². The summed E-state index contributed by atoms with van der Waals surface area (Å²) in [5, 5.41) is 2.80. The molecule has 0 aliphatic carbocycles. The zero-order valence-corrected chi connectivity index (χ0v) is 12.9. The quantitative estimate of drug-likeness (QED) is 0.798. The molecule has 0 saturated carbocycles. The van der Waals surface area contributed by atoms with E-state index in [-0.39, 0.29) is 11.8 Å². The standard InChI is InChI=1S/C16H16ClNOS/c1-11(16(19)12-2-4-14(17)5-3-12)18-8-6-15-13(10-18)7-9-20-15/h2-5,7,9,11H,6,8,10H2,1H3. The number of hydrogen-bond acceptors (Lipinski definition) is 3. The van der Waals surface area contributed by atoms with E-state index in [4.69, 9.17) is 11.6 Å². The van der Waals surface area contributed by atoms with Crippen molar-refractivity contribution in [3.63, 3.8) is 0 Å². The molecule has 1 aromatic heterocycles. The number of rotatable bonds is 3. The lowest BCUT2D eigenvalue weighted by atomic mass is 10.0. The molecule has 0 fully saturated rings. The van der Waals surface area contributed by atoms with Gasteiger partial charge in [0.1, 0.15) is 0 Å². The van der Waals surface area contributed by atoms with Crippen LogP contribution in [-0.4, -0.2) is 23.3 Å². The molecule has 4 heteroatoms. The zero-order valence-electron chi connectivity index (χ0n) is 11.3. The molecule has 20 heavy (non-hydrogen) atoms. The second kappa shape index (κ2) is 5.68. The Morgan fingerprint density at radius 2 is 2.05 bits per heavy atom. The van der Waals surface area contributed by atoms with Gasteiger partial charge in [-0.2, -0.15) is 0 Å². The Bertz CT molecular complexity index is 620. The number of halogens is 1. The maximum Gasteiger partial charge on any atom is 0.179 e. The summed E-state index contributed by atoms with van der Waals surface area (Å²) in [4.78, 5) is 16.2. The lowest BCUT2D eigenvalue weighted by Crippen LogP contribution is -2.41. The summed E-state index contributed by atoms with van der Waals surface area (Å²) in [7, 11) is 0. The highest BCUT2D eigenvalue weighted by Gasteiger charge is 2.26. The fourth-order valence-electron chi connectivity index (χ4n) is 2.62. The highest BCUT2D eigenvalue weighted by molar-refractivity contribution is 7.10. The second-order valence-electron chi connectivity index (χ2n) is 5.14. The van der Waals surface area contributed by atoms with Gasteiger partial charge in [-0.25, -0.2) is 0 Å². The van der Waals surface area contributed by atoms with Crippen LogP contribution in [0.5, 0.6) is 0 Å². The van der Waals surface area contributed by atoms with Crippen molar-refractivity contribution in [3.05, 3.63) is 56.7 Å². The van der Waals surface area contributed by atoms with Gasteiger partial charge < -0.3 is 0 Å². The minimum atomic E-state index is -0.0933. The molecule has 2 aromatic rings. The molecule has 2 heterocycles. The lowest BCUT2D eigenvalue weighted by molar-refractivity contribution is 0.0821. The number of hydrogen-bond donors (Lipinski definition) is 0. The Morgan fingerprint density at radius 3 is 2.80 bits per heavy atom. The molecule has 1 aliphatic heterocycles. The Balaban J connectivity index is 1.74. The van der Waals surface area contributed by atoms with Gasteiger partial charge in [-0.05, 0) is 54.6 Å². The van der Waals surface area contributed by atoms with Gasteiger partial charge in [0.05, 0.1) is 6.04 Å². The first-order valence-corrected chi connectivity index (χ1v) is 8.00. The predicted octanol–water partition coefficient (Wildman–Crippen LogP) is 4.03. The summed E-state index contributed by atoms with van der Waals surface area (Å²) in [6, 6.07) is 9.24. The number of Topliss-reactive ketones (excluding diaryl/α,β-unsaturated/α-hetero) is 1. The Morgan fingerprint density at radius 1 is 1.30 bits per heavy atom. The number of carbonyl (C=O) groups excluding carboxylic acids is 1. The molecule has 1 atom stereocenters. The molecule has 1 aliphatic rings. The van der Waals surface area contributed by atoms with Gasteiger partial charge in [-0.3, -0.25) is 9.69 Å². The number of ketones is 1.